The zero-order chi connectivity index (χ0) is 37.6. The van der Waals surface area contributed by atoms with Crippen LogP contribution in [0.3, 0.4) is 0 Å². The number of rotatable bonds is 23. The van der Waals surface area contributed by atoms with Gasteiger partial charge in [-0.2, -0.15) is 0 Å². The van der Waals surface area contributed by atoms with Crippen molar-refractivity contribution in [2.24, 2.45) is 0 Å². The van der Waals surface area contributed by atoms with Crippen LogP contribution < -0.4 is 44.7 Å². The van der Waals surface area contributed by atoms with Gasteiger partial charge in [0.05, 0.1) is 44.3 Å². The van der Waals surface area contributed by atoms with Gasteiger partial charge < -0.3 is 54.5 Å². The zero-order valence-electron chi connectivity index (χ0n) is 29.6. The Kier molecular flexibility index (Phi) is 24.4. The fourth-order valence-corrected chi connectivity index (χ4v) is 7.35. The third-order valence-corrected chi connectivity index (χ3v) is 9.62. The van der Waals surface area contributed by atoms with E-state index in [9.17, 15) is 48.8 Å². The first-order valence-electron chi connectivity index (χ1n) is 16.1. The molecule has 54 heavy (non-hydrogen) atoms. The number of carboxylic acid groups (broad SMARTS) is 5. The number of hydrogen-bond donors (Lipinski definition) is 3. The quantitative estimate of drug-likeness (QED) is 0.0693. The Balaban J connectivity index is 0.00000936. The smallest absolute Gasteiger partial charge is 0.756 e. The number of aliphatic carboxylic acids is 5. The summed E-state index contributed by atoms with van der Waals surface area (Å²) in [4.78, 5) is 73.2. The van der Waals surface area contributed by atoms with E-state index in [0.717, 1.165) is 25.8 Å². The fraction of sp³-hybridized carbons (Fsp3) is 0.485. The van der Waals surface area contributed by atoms with Crippen LogP contribution in [0.25, 0.3) is 0 Å². The topological polar surface area (TPSA) is 292 Å². The molecule has 3 rings (SSSR count). The Morgan fingerprint density at radius 3 is 1.63 bits per heavy atom. The minimum absolute atomic E-state index is 0. The molecule has 0 aliphatic heterocycles. The summed E-state index contributed by atoms with van der Waals surface area (Å²) in [6.07, 6.45) is 0.994. The van der Waals surface area contributed by atoms with Crippen molar-refractivity contribution in [3.05, 3.63) is 71.8 Å². The molecule has 2 aromatic rings. The molecule has 0 heterocycles. The first-order valence-corrected chi connectivity index (χ1v) is 17.5. The summed E-state index contributed by atoms with van der Waals surface area (Å²) in [5.41, 5.74) is 1.75. The normalized spacial score (nSPS) is 15.6. The first kappa shape index (κ1) is 52.1. The molecule has 2 unspecified atom stereocenters. The van der Waals surface area contributed by atoms with Gasteiger partial charge in [0.15, 0.2) is 0 Å². The van der Waals surface area contributed by atoms with Crippen molar-refractivity contribution in [2.45, 2.75) is 43.2 Å². The van der Waals surface area contributed by atoms with Crippen LogP contribution in [0, 0.1) is 39.9 Å². The van der Waals surface area contributed by atoms with Gasteiger partial charge in [0.1, 0.15) is 0 Å². The van der Waals surface area contributed by atoms with Gasteiger partial charge >= 0.3 is 87.4 Å². The maximum Gasteiger partial charge on any atom is 3.00 e. The number of carbonyl (C=O) groups excluding carboxylic acids is 2. The summed E-state index contributed by atoms with van der Waals surface area (Å²) < 4.78 is 23.7. The summed E-state index contributed by atoms with van der Waals surface area (Å²) in [6.45, 7) is -6.16. The third kappa shape index (κ3) is 17.9. The van der Waals surface area contributed by atoms with Crippen LogP contribution in [0.15, 0.2) is 60.7 Å². The van der Waals surface area contributed by atoms with Crippen molar-refractivity contribution in [3.63, 3.8) is 0 Å². The van der Waals surface area contributed by atoms with Crippen LogP contribution in [-0.4, -0.2) is 136 Å². The molecule has 1 saturated carbocycles. The molecule has 1 aliphatic carbocycles. The van der Waals surface area contributed by atoms with E-state index in [4.69, 9.17) is 19.3 Å². The zero-order valence-corrected chi connectivity index (χ0v) is 34.8. The minimum Gasteiger partial charge on any atom is -0.756 e. The second kappa shape index (κ2) is 25.3. The van der Waals surface area contributed by atoms with Crippen molar-refractivity contribution in [1.82, 2.24) is 14.7 Å². The Morgan fingerprint density at radius 1 is 0.759 bits per heavy atom. The first-order chi connectivity index (χ1) is 24.1. The van der Waals surface area contributed by atoms with Crippen molar-refractivity contribution in [1.29, 1.82) is 0 Å². The number of carboxylic acids is 5. The summed E-state index contributed by atoms with van der Waals surface area (Å²) in [6, 6.07) is 18.2. The van der Waals surface area contributed by atoms with Crippen LogP contribution in [0.4, 0.5) is 0 Å². The van der Waals surface area contributed by atoms with Crippen LogP contribution >= 0.6 is 7.82 Å². The monoisotopic (exact) mass is 933 g/mol. The van der Waals surface area contributed by atoms with E-state index in [2.05, 4.69) is 0 Å². The van der Waals surface area contributed by atoms with Gasteiger partial charge in [-0.3, -0.25) is 33.6 Å². The maximum atomic E-state index is 13.1. The van der Waals surface area contributed by atoms with Crippen molar-refractivity contribution >= 4 is 37.7 Å². The number of carbonyl (C=O) groups is 5. The van der Waals surface area contributed by atoms with E-state index in [1.807, 2.05) is 60.7 Å². The molecule has 0 saturated heterocycles. The summed E-state index contributed by atoms with van der Waals surface area (Å²) >= 11 is 0. The molecule has 18 nitrogen and oxygen atoms in total. The molecular weight excluding hydrogens is 890 g/mol. The summed E-state index contributed by atoms with van der Waals surface area (Å²) in [5, 5.41) is 50.8. The van der Waals surface area contributed by atoms with E-state index >= 15 is 0 Å². The number of phosphoric acid groups is 1. The predicted octanol–water partition coefficient (Wildman–Crippen LogP) is -5.38. The van der Waals surface area contributed by atoms with Crippen LogP contribution in [0.2, 0.25) is 0 Å². The minimum atomic E-state index is -5.12. The standard InChI is InChI=1S/C33H44N3O14P.Gd.Na.H2O/c37-28(38)18-34(15-16-35(19-29(39)40)20-30(41)42)17-26(36(21-31(43)44)22-32(45)46)23-49-51(47,48)50-27-11-13-33(14-12-27,24-7-3-1-4-8-24)25-9-5-2-6-10-25;;;/h1-10,26-27H,11-23H2,(H,37,38)(H,39,40)(H,41,42)(H,43,44)(H,45,46)(H,47,48);;;1H2/q;+3;+1;/p-3. The van der Waals surface area contributed by atoms with Crippen molar-refractivity contribution < 1.29 is 143 Å². The largest absolute Gasteiger partial charge is 3.00 e. The van der Waals surface area contributed by atoms with E-state index in [0.29, 0.717) is 25.7 Å². The molecule has 5 N–H and O–H groups in total. The second-order valence-electron chi connectivity index (χ2n) is 12.3. The van der Waals surface area contributed by atoms with Gasteiger partial charge in [-0.05, 0) is 36.8 Å². The molecule has 1 fully saturated rings. The average Bonchev–Trinajstić information content (AvgIpc) is 3.05. The molecule has 293 valence electrons. The van der Waals surface area contributed by atoms with Gasteiger partial charge in [-0.15, -0.1) is 0 Å². The molecule has 0 amide bonds. The van der Waals surface area contributed by atoms with Gasteiger partial charge in [0.2, 0.25) is 0 Å². The van der Waals surface area contributed by atoms with Crippen molar-refractivity contribution in [2.75, 3.05) is 59.0 Å². The van der Waals surface area contributed by atoms with E-state index < -0.39 is 101 Å². The molecule has 0 spiro atoms. The number of benzene rings is 2. The van der Waals surface area contributed by atoms with Crippen LogP contribution in [-0.2, 0) is 43.0 Å². The van der Waals surface area contributed by atoms with Crippen LogP contribution in [0.5, 0.6) is 0 Å². The Morgan fingerprint density at radius 2 is 1.20 bits per heavy atom. The van der Waals surface area contributed by atoms with Gasteiger partial charge in [0.25, 0.3) is 7.82 Å². The van der Waals surface area contributed by atoms with E-state index in [-0.39, 0.29) is 88.1 Å². The Bertz CT molecular complexity index is 1460. The van der Waals surface area contributed by atoms with Crippen molar-refractivity contribution in [3.8, 4) is 0 Å². The molecule has 2 atom stereocenters. The van der Waals surface area contributed by atoms with Gasteiger partial charge in [-0.25, -0.2) is 0 Å². The molecule has 2 aromatic carbocycles. The third-order valence-electron chi connectivity index (χ3n) is 8.60. The SMILES string of the molecule is O.O=C([O-])CN(CCN(CC(=O)O)CC(=O)O)CC(COP(=O)([O-])OC1CCC(c2ccccc2)(c2ccccc2)CC1)N(CC(=O)[O-])CC(=O)O.[Gd+3].[Na+]. The second-order valence-corrected chi connectivity index (χ2v) is 13.7. The number of phosphoric ester groups is 1. The summed E-state index contributed by atoms with van der Waals surface area (Å²) in [7, 11) is -5.12. The molecule has 0 aromatic heterocycles. The summed E-state index contributed by atoms with van der Waals surface area (Å²) in [5.74, 6) is -7.55. The van der Waals surface area contributed by atoms with Gasteiger partial charge in [0, 0.05) is 44.2 Å². The molecule has 1 radical (unpaired) electrons. The molecule has 1 aliphatic rings. The fourth-order valence-electron chi connectivity index (χ4n) is 6.36. The van der Waals surface area contributed by atoms with Crippen LogP contribution in [0.1, 0.15) is 36.8 Å². The predicted molar refractivity (Wildman–Crippen MR) is 175 cm³/mol. The maximum absolute atomic E-state index is 13.1. The molecule has 0 bridgehead atoms. The van der Waals surface area contributed by atoms with E-state index in [1.165, 1.54) is 0 Å². The molecule has 21 heteroatoms. The van der Waals surface area contributed by atoms with Gasteiger partial charge in [-0.1, -0.05) is 60.7 Å². The Hall–Kier alpha value is -1.94. The molecular formula is C33H43GdN3NaO15P+. The number of hydrogen-bond acceptors (Lipinski definition) is 14. The van der Waals surface area contributed by atoms with E-state index in [1.54, 1.807) is 0 Å². The number of nitrogens with zero attached hydrogens (tertiary/aromatic N) is 3. The average molecular weight is 933 g/mol. The Labute approximate surface area is 366 Å².